The minimum atomic E-state index is -1.61. The van der Waals surface area contributed by atoms with E-state index in [1.807, 2.05) is 65.3 Å². The maximum atomic E-state index is 5.67. The average Bonchev–Trinajstić information content (AvgIpc) is 1.56. The van der Waals surface area contributed by atoms with Crippen LogP contribution in [-0.2, 0) is 28.7 Å². The Morgan fingerprint density at radius 2 is 0.550 bits per heavy atom. The van der Waals surface area contributed by atoms with Crippen molar-refractivity contribution in [3.05, 3.63) is 143 Å². The molecule has 1 aliphatic heterocycles. The zero-order valence-electron chi connectivity index (χ0n) is 64.0. The number of aryl methyl sites for hydroxylation is 6. The maximum absolute atomic E-state index is 5.67. The molecule has 566 valence electrons. The Labute approximate surface area is 648 Å². The molecule has 0 bridgehead atoms. The van der Waals surface area contributed by atoms with Crippen LogP contribution < -0.4 is 9.80 Å². The molecular formula is C89H142Cl4N2P3Ru2+. The summed E-state index contributed by atoms with van der Waals surface area (Å²) in [5, 5.41) is 0. The van der Waals surface area contributed by atoms with Gasteiger partial charge in [0.25, 0.3) is 0 Å². The summed E-state index contributed by atoms with van der Waals surface area (Å²) < 4.78 is 1.92. The second kappa shape index (κ2) is 49.1. The molecule has 2 nitrogen and oxygen atoms in total. The topological polar surface area (TPSA) is 6.48 Å². The Kier molecular flexibility index (Phi) is 42.0. The van der Waals surface area contributed by atoms with E-state index in [0.29, 0.717) is 0 Å². The molecular weight excluding hydrogens is 1530 g/mol. The molecule has 4 aromatic carbocycles. The van der Waals surface area contributed by atoms with Gasteiger partial charge >= 0.3 is 108 Å². The van der Waals surface area contributed by atoms with Crippen LogP contribution in [0.1, 0.15) is 333 Å². The van der Waals surface area contributed by atoms with Crippen molar-refractivity contribution >= 4 is 78.5 Å². The third-order valence-electron chi connectivity index (χ3n) is 25.2. The first-order valence-corrected chi connectivity index (χ1v) is 56.7. The summed E-state index contributed by atoms with van der Waals surface area (Å²) in [7, 11) is 20.9. The van der Waals surface area contributed by atoms with Crippen LogP contribution >= 0.6 is 62.5 Å². The minimum absolute atomic E-state index is 0.0465. The second-order valence-electron chi connectivity index (χ2n) is 32.8. The third-order valence-corrected chi connectivity index (χ3v) is 40.8. The first-order valence-electron chi connectivity index (χ1n) is 41.6. The zero-order valence-corrected chi connectivity index (χ0v) is 73.5. The monoisotopic (exact) mass is 1680 g/mol. The molecule has 9 aliphatic carbocycles. The molecule has 0 N–H and O–H groups in total. The number of hydrogen-bond acceptors (Lipinski definition) is 2. The third kappa shape index (κ3) is 29.4. The van der Waals surface area contributed by atoms with Crippen molar-refractivity contribution in [3.8, 4) is 0 Å². The molecule has 9 saturated carbocycles. The van der Waals surface area contributed by atoms with Crippen LogP contribution in [0.2, 0.25) is 0 Å². The van der Waals surface area contributed by atoms with E-state index >= 15 is 0 Å². The summed E-state index contributed by atoms with van der Waals surface area (Å²) in [4.78, 5) is 4.81. The second-order valence-corrected chi connectivity index (χ2v) is 51.5. The van der Waals surface area contributed by atoms with Gasteiger partial charge in [-0.25, -0.2) is 0 Å². The van der Waals surface area contributed by atoms with Crippen LogP contribution in [0.5, 0.6) is 0 Å². The number of rotatable bonds is 12. The quantitative estimate of drug-likeness (QED) is 0.0792. The summed E-state index contributed by atoms with van der Waals surface area (Å²) in [6, 6.07) is 28.9. The van der Waals surface area contributed by atoms with Crippen LogP contribution in [0, 0.1) is 55.1 Å². The number of nitrogens with zero attached hydrogens (tertiary/aromatic N) is 2. The predicted octanol–water partition coefficient (Wildman–Crippen LogP) is 29.6. The molecule has 10 aliphatic rings. The molecule has 14 rings (SSSR count). The molecule has 1 saturated heterocycles. The first-order chi connectivity index (χ1) is 48.8. The Hall–Kier alpha value is -0.0832. The van der Waals surface area contributed by atoms with Crippen molar-refractivity contribution in [1.29, 1.82) is 0 Å². The Morgan fingerprint density at radius 3 is 0.730 bits per heavy atom. The van der Waals surface area contributed by atoms with Crippen molar-refractivity contribution in [2.24, 2.45) is 0 Å². The summed E-state index contributed by atoms with van der Waals surface area (Å²) in [6.45, 7) is 21.3. The standard InChI is InChI=1S/C21H27N2.3C18H33P.C7H7.C7H6.4ClH.2Ru/c1-14-9-16(3)20(17(4)10-14)22-7-8-23(13-22)21-18(5)11-15(2)12-19(21)6;3*1-4-10-16(11-5-1)19(17-12-6-2-7-13-17)18-14-8-3-9-15-18;2*1-7-5-3-2-4-6-7;;;;;;/h9-13H,7-8H2,1-6H3;3*16-18H,1-15H2;2-6H,1H2;1-6H;4*1H;;/q-1;;;;-1;;;;;;2*+2/p-1. The summed E-state index contributed by atoms with van der Waals surface area (Å²) in [5.74, 6) is 0. The molecule has 11 heteroatoms. The molecule has 0 radical (unpaired) electrons. The Morgan fingerprint density at radius 1 is 0.350 bits per heavy atom. The average molecular weight is 1680 g/mol. The molecule has 0 aromatic heterocycles. The molecule has 100 heavy (non-hydrogen) atoms. The number of benzene rings is 4. The van der Waals surface area contributed by atoms with Gasteiger partial charge in [0.05, 0.1) is 50.9 Å². The van der Waals surface area contributed by atoms with Crippen LogP contribution in [0.25, 0.3) is 0 Å². The van der Waals surface area contributed by atoms with Crippen molar-refractivity contribution < 1.29 is 28.7 Å². The van der Waals surface area contributed by atoms with Gasteiger partial charge in [-0.05, 0) is 295 Å². The van der Waals surface area contributed by atoms with Crippen LogP contribution in [0.4, 0.5) is 11.4 Å². The van der Waals surface area contributed by atoms with E-state index < -0.39 is 13.5 Å². The van der Waals surface area contributed by atoms with Gasteiger partial charge < -0.3 is 9.80 Å². The van der Waals surface area contributed by atoms with Crippen molar-refractivity contribution in [1.82, 2.24) is 0 Å². The van der Waals surface area contributed by atoms with E-state index in [2.05, 4.69) is 89.2 Å². The molecule has 4 aromatic rings. The molecule has 0 unspecified atom stereocenters. The van der Waals surface area contributed by atoms with E-state index in [-0.39, 0.29) is 38.9 Å². The SMILES string of the molecule is C1CCC([PH+](C2CCCCC2)C2CCCCC2)CC1.C1CCC([PH+](C2CCCCC2)C2CCCCC2)CC1.C1CCC([PH+](C2CCCCC2)C2CCCCC2)CC1.Cc1cc(C)c(N2[CH-]N(c3c(C)cc(C)cc3C)CC2)c(C)c1.[CH2-]c1ccccc1.[Cl][Ru]([Cl])=[CH]c1ccccc1.[Cl][Ru][Cl]. The van der Waals surface area contributed by atoms with E-state index in [4.69, 9.17) is 38.8 Å². The summed E-state index contributed by atoms with van der Waals surface area (Å²) in [5.41, 5.74) is 24.1. The van der Waals surface area contributed by atoms with Gasteiger partial charge in [0.1, 0.15) is 0 Å². The van der Waals surface area contributed by atoms with Gasteiger partial charge in [0.15, 0.2) is 0 Å². The Bertz CT molecular complexity index is 2460. The van der Waals surface area contributed by atoms with Gasteiger partial charge in [-0.15, -0.1) is 12.1 Å². The Balaban J connectivity index is 0.000000156. The van der Waals surface area contributed by atoms with Gasteiger partial charge in [-0.1, -0.05) is 99.2 Å². The molecule has 0 amide bonds. The van der Waals surface area contributed by atoms with Gasteiger partial charge in [0.2, 0.25) is 0 Å². The van der Waals surface area contributed by atoms with Crippen LogP contribution in [0.3, 0.4) is 0 Å². The molecule has 10 fully saturated rings. The van der Waals surface area contributed by atoms with Crippen molar-refractivity contribution in [3.63, 3.8) is 0 Å². The van der Waals surface area contributed by atoms with E-state index in [1.54, 1.807) is 289 Å². The van der Waals surface area contributed by atoms with E-state index in [1.165, 1.54) is 95.7 Å². The van der Waals surface area contributed by atoms with Crippen molar-refractivity contribution in [2.75, 3.05) is 22.9 Å². The molecule has 0 atom stereocenters. The van der Waals surface area contributed by atoms with Crippen LogP contribution in [-0.4, -0.2) is 68.6 Å². The number of anilines is 2. The summed E-state index contributed by atoms with van der Waals surface area (Å²) in [6.07, 6.45) is 71.4. The molecule has 0 spiro atoms. The number of hydrogen-bond donors (Lipinski definition) is 0. The fourth-order valence-corrected chi connectivity index (χ4v) is 38.6. The van der Waals surface area contributed by atoms with Gasteiger partial charge in [-0.3, -0.25) is 0 Å². The van der Waals surface area contributed by atoms with Gasteiger partial charge in [-0.2, -0.15) is 31.3 Å². The fraction of sp³-hybridized carbons (Fsp3) is 0.697. The van der Waals surface area contributed by atoms with Crippen molar-refractivity contribution in [2.45, 2.75) is 381 Å². The molecule has 1 heterocycles. The normalized spacial score (nSPS) is 21.8. The summed E-state index contributed by atoms with van der Waals surface area (Å²) >= 11 is -1.96. The van der Waals surface area contributed by atoms with E-state index in [0.717, 1.165) is 24.2 Å². The van der Waals surface area contributed by atoms with E-state index in [9.17, 15) is 0 Å². The predicted molar refractivity (Wildman–Crippen MR) is 453 cm³/mol. The van der Waals surface area contributed by atoms with Gasteiger partial charge in [0, 0.05) is 48.2 Å². The van der Waals surface area contributed by atoms with Crippen LogP contribution in [0.15, 0.2) is 84.9 Å². The number of halogens is 4. The fourth-order valence-electron chi connectivity index (χ4n) is 21.1. The first kappa shape index (κ1) is 85.5. The zero-order chi connectivity index (χ0) is 70.7.